The Hall–Kier alpha value is -0.660. The van der Waals surface area contributed by atoms with Gasteiger partial charge in [0, 0.05) is 13.1 Å². The first-order valence-electron chi connectivity index (χ1n) is 6.45. The van der Waals surface area contributed by atoms with Gasteiger partial charge < -0.3 is 10.6 Å². The maximum Gasteiger partial charge on any atom is 0.237 e. The number of amides is 1. The molecule has 0 spiro atoms. The van der Waals surface area contributed by atoms with Gasteiger partial charge in [-0.2, -0.15) is 0 Å². The average Bonchev–Trinajstić information content (AvgIpc) is 2.55. The number of carbonyl (C=O) groups excluding carboxylic acids is 1. The normalized spacial score (nSPS) is 21.3. The highest BCUT2D eigenvalue weighted by molar-refractivity contribution is 7.88. The van der Waals surface area contributed by atoms with Crippen molar-refractivity contribution < 1.29 is 13.2 Å². The van der Waals surface area contributed by atoms with Crippen LogP contribution in [-0.2, 0) is 14.8 Å². The van der Waals surface area contributed by atoms with Gasteiger partial charge in [-0.15, -0.1) is 0 Å². The Balaban J connectivity index is 2.12. The lowest BCUT2D eigenvalue weighted by atomic mass is 10.1. The van der Waals surface area contributed by atoms with Gasteiger partial charge in [-0.25, -0.2) is 13.1 Å². The zero-order valence-electron chi connectivity index (χ0n) is 10.9. The lowest BCUT2D eigenvalue weighted by Crippen LogP contribution is -2.44. The number of hydrogen-bond acceptors (Lipinski definition) is 4. The van der Waals surface area contributed by atoms with Crippen LogP contribution in [0.25, 0.3) is 0 Å². The highest BCUT2D eigenvalue weighted by Crippen LogP contribution is 2.08. The van der Waals surface area contributed by atoms with Crippen LogP contribution in [0.15, 0.2) is 0 Å². The van der Waals surface area contributed by atoms with Crippen molar-refractivity contribution in [3.05, 3.63) is 0 Å². The van der Waals surface area contributed by atoms with Crippen molar-refractivity contribution in [2.75, 3.05) is 25.9 Å². The van der Waals surface area contributed by atoms with Gasteiger partial charge in [0.25, 0.3) is 0 Å². The van der Waals surface area contributed by atoms with Crippen molar-refractivity contribution in [2.45, 2.75) is 38.1 Å². The number of sulfonamides is 1. The van der Waals surface area contributed by atoms with E-state index in [0.717, 1.165) is 32.1 Å². The molecule has 1 atom stereocenters. The van der Waals surface area contributed by atoms with Gasteiger partial charge in [0.05, 0.1) is 12.3 Å². The van der Waals surface area contributed by atoms with Crippen LogP contribution < -0.4 is 15.4 Å². The summed E-state index contributed by atoms with van der Waals surface area (Å²) in [4.78, 5) is 11.8. The molecule has 0 radical (unpaired) electrons. The molecule has 1 aliphatic heterocycles. The van der Waals surface area contributed by atoms with Crippen LogP contribution in [0.3, 0.4) is 0 Å². The van der Waals surface area contributed by atoms with Crippen LogP contribution in [0.5, 0.6) is 0 Å². The molecule has 0 aromatic heterocycles. The lowest BCUT2D eigenvalue weighted by molar-refractivity contribution is -0.123. The summed E-state index contributed by atoms with van der Waals surface area (Å²) in [5.74, 6) is 0.0243. The molecule has 6 nitrogen and oxygen atoms in total. The Bertz CT molecular complexity index is 349. The first-order valence-corrected chi connectivity index (χ1v) is 8.34. The summed E-state index contributed by atoms with van der Waals surface area (Å²) < 4.78 is 24.0. The quantitative estimate of drug-likeness (QED) is 0.575. The highest BCUT2D eigenvalue weighted by atomic mass is 32.2. The molecule has 1 unspecified atom stereocenters. The molecule has 0 aromatic carbocycles. The smallest absolute Gasteiger partial charge is 0.237 e. The minimum absolute atomic E-state index is 0.0243. The van der Waals surface area contributed by atoms with Crippen LogP contribution in [0.2, 0.25) is 0 Å². The lowest BCUT2D eigenvalue weighted by Gasteiger charge is -2.15. The second-order valence-electron chi connectivity index (χ2n) is 4.67. The molecule has 0 aliphatic carbocycles. The Morgan fingerprint density at radius 3 is 2.78 bits per heavy atom. The first-order chi connectivity index (χ1) is 8.49. The molecule has 0 saturated carbocycles. The standard InChI is InChI=1S/C11H23N3O3S/c1-18(16,17)14-9-5-8-13-11(15)10-6-3-2-4-7-12-10/h10,12,14H,2-9H2,1H3,(H,13,15). The van der Waals surface area contributed by atoms with Crippen LogP contribution in [0, 0.1) is 0 Å². The fourth-order valence-electron chi connectivity index (χ4n) is 1.93. The third-order valence-corrected chi connectivity index (χ3v) is 3.62. The first kappa shape index (κ1) is 15.4. The highest BCUT2D eigenvalue weighted by Gasteiger charge is 2.18. The van der Waals surface area contributed by atoms with Gasteiger partial charge in [0.2, 0.25) is 15.9 Å². The van der Waals surface area contributed by atoms with Crippen LogP contribution in [0.4, 0.5) is 0 Å². The van der Waals surface area contributed by atoms with E-state index in [1.807, 2.05) is 0 Å². The molecule has 1 amide bonds. The van der Waals surface area contributed by atoms with Crippen LogP contribution in [0.1, 0.15) is 32.1 Å². The molecule has 1 heterocycles. The summed E-state index contributed by atoms with van der Waals surface area (Å²) in [5.41, 5.74) is 0. The van der Waals surface area contributed by atoms with Crippen molar-refractivity contribution in [1.29, 1.82) is 0 Å². The van der Waals surface area contributed by atoms with E-state index in [1.165, 1.54) is 6.42 Å². The van der Waals surface area contributed by atoms with E-state index in [1.54, 1.807) is 0 Å². The molecule has 1 aliphatic rings. The summed E-state index contributed by atoms with van der Waals surface area (Å²) in [6.45, 7) is 1.75. The fourth-order valence-corrected chi connectivity index (χ4v) is 2.45. The molecule has 7 heteroatoms. The topological polar surface area (TPSA) is 87.3 Å². The Labute approximate surface area is 109 Å². The maximum absolute atomic E-state index is 11.8. The number of hydrogen-bond donors (Lipinski definition) is 3. The SMILES string of the molecule is CS(=O)(=O)NCCCNC(=O)C1CCCCCN1. The predicted octanol–water partition coefficient (Wildman–Crippen LogP) is -0.426. The second-order valence-corrected chi connectivity index (χ2v) is 6.50. The van der Waals surface area contributed by atoms with Crippen molar-refractivity contribution in [1.82, 2.24) is 15.4 Å². The summed E-state index contributed by atoms with van der Waals surface area (Å²) in [6.07, 6.45) is 6.00. The number of rotatable bonds is 6. The van der Waals surface area contributed by atoms with Gasteiger partial charge in [-0.1, -0.05) is 12.8 Å². The monoisotopic (exact) mass is 277 g/mol. The average molecular weight is 277 g/mol. The Kier molecular flexibility index (Phi) is 6.59. The van der Waals surface area contributed by atoms with Gasteiger partial charge in [-0.3, -0.25) is 4.79 Å². The molecule has 1 fully saturated rings. The molecule has 106 valence electrons. The molecule has 3 N–H and O–H groups in total. The van der Waals surface area contributed by atoms with Gasteiger partial charge >= 0.3 is 0 Å². The minimum atomic E-state index is -3.13. The molecular weight excluding hydrogens is 254 g/mol. The molecule has 1 saturated heterocycles. The predicted molar refractivity (Wildman–Crippen MR) is 70.7 cm³/mol. The second kappa shape index (κ2) is 7.70. The fraction of sp³-hybridized carbons (Fsp3) is 0.909. The van der Waals surface area contributed by atoms with E-state index < -0.39 is 10.0 Å². The van der Waals surface area contributed by atoms with Gasteiger partial charge in [0.15, 0.2) is 0 Å². The molecule has 0 aromatic rings. The van der Waals surface area contributed by atoms with E-state index in [0.29, 0.717) is 19.5 Å². The minimum Gasteiger partial charge on any atom is -0.355 e. The van der Waals surface area contributed by atoms with E-state index >= 15 is 0 Å². The van der Waals surface area contributed by atoms with E-state index in [4.69, 9.17) is 0 Å². The Morgan fingerprint density at radius 1 is 1.28 bits per heavy atom. The third kappa shape index (κ3) is 6.93. The summed E-state index contributed by atoms with van der Waals surface area (Å²) >= 11 is 0. The largest absolute Gasteiger partial charge is 0.355 e. The summed E-state index contributed by atoms with van der Waals surface area (Å²) in [7, 11) is -3.13. The van der Waals surface area contributed by atoms with Crippen molar-refractivity contribution in [2.24, 2.45) is 0 Å². The van der Waals surface area contributed by atoms with Crippen molar-refractivity contribution in [3.8, 4) is 0 Å². The summed E-state index contributed by atoms with van der Waals surface area (Å²) in [5, 5.41) is 6.05. The van der Waals surface area contributed by atoms with Crippen LogP contribution >= 0.6 is 0 Å². The Morgan fingerprint density at radius 2 is 2.06 bits per heavy atom. The van der Waals surface area contributed by atoms with E-state index in [-0.39, 0.29) is 11.9 Å². The van der Waals surface area contributed by atoms with E-state index in [2.05, 4.69) is 15.4 Å². The maximum atomic E-state index is 11.8. The number of nitrogens with one attached hydrogen (secondary N) is 3. The zero-order valence-corrected chi connectivity index (χ0v) is 11.7. The molecule has 1 rings (SSSR count). The zero-order chi connectivity index (χ0) is 13.4. The third-order valence-electron chi connectivity index (χ3n) is 2.89. The van der Waals surface area contributed by atoms with Crippen LogP contribution in [-0.4, -0.2) is 46.3 Å². The van der Waals surface area contributed by atoms with Gasteiger partial charge in [-0.05, 0) is 25.8 Å². The molecule has 18 heavy (non-hydrogen) atoms. The molecular formula is C11H23N3O3S. The molecule has 0 bridgehead atoms. The van der Waals surface area contributed by atoms with Crippen molar-refractivity contribution in [3.63, 3.8) is 0 Å². The van der Waals surface area contributed by atoms with Gasteiger partial charge in [0.1, 0.15) is 0 Å². The van der Waals surface area contributed by atoms with E-state index in [9.17, 15) is 13.2 Å². The van der Waals surface area contributed by atoms with Crippen molar-refractivity contribution >= 4 is 15.9 Å². The summed E-state index contributed by atoms with van der Waals surface area (Å²) in [6, 6.07) is -0.0876. The number of carbonyl (C=O) groups is 1.